The van der Waals surface area contributed by atoms with Crippen LogP contribution in [0.2, 0.25) is 0 Å². The Hall–Kier alpha value is -0.870. The van der Waals surface area contributed by atoms with Crippen molar-refractivity contribution in [2.45, 2.75) is 83.5 Å². The predicted molar refractivity (Wildman–Crippen MR) is 92.4 cm³/mol. The monoisotopic (exact) mass is 326 g/mol. The third-order valence-corrected chi connectivity index (χ3v) is 4.65. The lowest BCUT2D eigenvalue weighted by Crippen LogP contribution is -2.30. The maximum absolute atomic E-state index is 11.9. The summed E-state index contributed by atoms with van der Waals surface area (Å²) in [6.45, 7) is 18.6. The molecule has 0 unspecified atom stereocenters. The molecule has 0 aliphatic rings. The van der Waals surface area contributed by atoms with Gasteiger partial charge in [-0.2, -0.15) is 8.42 Å². The minimum Gasteiger partial charge on any atom is -0.282 e. The van der Waals surface area contributed by atoms with Crippen molar-refractivity contribution >= 4 is 10.1 Å². The van der Waals surface area contributed by atoms with Crippen LogP contribution < -0.4 is 0 Å². The van der Waals surface area contributed by atoms with E-state index in [0.717, 1.165) is 16.7 Å². The van der Waals surface area contributed by atoms with Crippen molar-refractivity contribution in [3.05, 3.63) is 28.8 Å². The fourth-order valence-electron chi connectivity index (χ4n) is 2.95. The summed E-state index contributed by atoms with van der Waals surface area (Å²) in [7, 11) is -4.26. The van der Waals surface area contributed by atoms with E-state index in [1.807, 2.05) is 26.8 Å². The molecule has 0 aliphatic carbocycles. The van der Waals surface area contributed by atoms with Crippen LogP contribution in [0.15, 0.2) is 17.0 Å². The third kappa shape index (κ3) is 3.90. The molecular weight excluding hydrogens is 296 g/mol. The summed E-state index contributed by atoms with van der Waals surface area (Å²) in [5, 5.41) is 0. The topological polar surface area (TPSA) is 54.4 Å². The standard InChI is InChI=1S/C18H30O3S/c1-16(2,3)12-10-11-13(22(19,20)21)15(18(7,8)9)14(12)17(4,5)6/h10-11H,1-9H3,(H,19,20,21). The maximum atomic E-state index is 11.9. The molecule has 22 heavy (non-hydrogen) atoms. The molecule has 0 radical (unpaired) electrons. The molecule has 0 bridgehead atoms. The fraction of sp³-hybridized carbons (Fsp3) is 0.667. The van der Waals surface area contributed by atoms with Gasteiger partial charge in [0.15, 0.2) is 0 Å². The zero-order chi connectivity index (χ0) is 17.7. The smallest absolute Gasteiger partial charge is 0.282 e. The summed E-state index contributed by atoms with van der Waals surface area (Å²) in [5.41, 5.74) is 2.12. The lowest BCUT2D eigenvalue weighted by molar-refractivity contribution is 0.464. The van der Waals surface area contributed by atoms with Crippen molar-refractivity contribution in [1.82, 2.24) is 0 Å². The molecule has 0 aromatic heterocycles. The SMILES string of the molecule is CC(C)(C)c1ccc(S(=O)(=O)O)c(C(C)(C)C)c1C(C)(C)C. The van der Waals surface area contributed by atoms with Crippen LogP contribution in [0.3, 0.4) is 0 Å². The minimum atomic E-state index is -4.26. The van der Waals surface area contributed by atoms with Crippen LogP contribution in [0.5, 0.6) is 0 Å². The van der Waals surface area contributed by atoms with Gasteiger partial charge >= 0.3 is 0 Å². The summed E-state index contributed by atoms with van der Waals surface area (Å²) in [6.07, 6.45) is 0. The molecular formula is C18H30O3S. The van der Waals surface area contributed by atoms with E-state index in [-0.39, 0.29) is 15.7 Å². The molecule has 1 aromatic carbocycles. The summed E-state index contributed by atoms with van der Waals surface area (Å²) < 4.78 is 33.5. The normalized spacial score (nSPS) is 14.3. The Labute approximate surface area is 135 Å². The molecule has 0 spiro atoms. The van der Waals surface area contributed by atoms with Gasteiger partial charge in [0, 0.05) is 0 Å². The first-order valence-corrected chi connectivity index (χ1v) is 9.07. The lowest BCUT2D eigenvalue weighted by Gasteiger charge is -2.37. The van der Waals surface area contributed by atoms with Crippen LogP contribution >= 0.6 is 0 Å². The van der Waals surface area contributed by atoms with Crippen molar-refractivity contribution < 1.29 is 13.0 Å². The van der Waals surface area contributed by atoms with E-state index in [4.69, 9.17) is 0 Å². The van der Waals surface area contributed by atoms with Gasteiger partial charge in [-0.25, -0.2) is 0 Å². The molecule has 1 N–H and O–H groups in total. The second-order valence-electron chi connectivity index (χ2n) is 9.09. The van der Waals surface area contributed by atoms with Crippen LogP contribution in [0.4, 0.5) is 0 Å². The molecule has 0 heterocycles. The zero-order valence-electron chi connectivity index (χ0n) is 15.3. The van der Waals surface area contributed by atoms with Crippen molar-refractivity contribution in [3.8, 4) is 0 Å². The van der Waals surface area contributed by atoms with E-state index in [0.29, 0.717) is 0 Å². The van der Waals surface area contributed by atoms with Gasteiger partial charge in [0.05, 0.1) is 4.90 Å². The molecule has 4 heteroatoms. The lowest BCUT2D eigenvalue weighted by atomic mass is 9.69. The van der Waals surface area contributed by atoms with Crippen LogP contribution in [0, 0.1) is 0 Å². The molecule has 0 aliphatic heterocycles. The highest BCUT2D eigenvalue weighted by atomic mass is 32.2. The van der Waals surface area contributed by atoms with Crippen molar-refractivity contribution in [2.75, 3.05) is 0 Å². The van der Waals surface area contributed by atoms with E-state index in [1.165, 1.54) is 0 Å². The van der Waals surface area contributed by atoms with Crippen LogP contribution in [-0.4, -0.2) is 13.0 Å². The Balaban J connectivity index is 4.11. The molecule has 0 saturated heterocycles. The Kier molecular flexibility index (Phi) is 4.66. The van der Waals surface area contributed by atoms with Gasteiger partial charge in [-0.1, -0.05) is 68.4 Å². The van der Waals surface area contributed by atoms with Crippen LogP contribution in [0.1, 0.15) is 79.0 Å². The minimum absolute atomic E-state index is 0.0259. The zero-order valence-corrected chi connectivity index (χ0v) is 16.1. The number of rotatable bonds is 1. The average Bonchev–Trinajstić information content (AvgIpc) is 2.22. The summed E-state index contributed by atoms with van der Waals surface area (Å²) in [5.74, 6) is 0. The van der Waals surface area contributed by atoms with E-state index in [9.17, 15) is 13.0 Å². The van der Waals surface area contributed by atoms with E-state index >= 15 is 0 Å². The number of hydrogen-bond acceptors (Lipinski definition) is 2. The van der Waals surface area contributed by atoms with E-state index < -0.39 is 15.5 Å². The second kappa shape index (κ2) is 5.34. The van der Waals surface area contributed by atoms with Crippen molar-refractivity contribution in [2.24, 2.45) is 0 Å². The van der Waals surface area contributed by atoms with Gasteiger partial charge in [-0.3, -0.25) is 4.55 Å². The van der Waals surface area contributed by atoms with Crippen molar-refractivity contribution in [3.63, 3.8) is 0 Å². The van der Waals surface area contributed by atoms with Gasteiger partial charge in [0.2, 0.25) is 0 Å². The molecule has 0 amide bonds. The Morgan fingerprint density at radius 3 is 1.41 bits per heavy atom. The molecule has 0 fully saturated rings. The van der Waals surface area contributed by atoms with Crippen LogP contribution in [0.25, 0.3) is 0 Å². The summed E-state index contributed by atoms with van der Waals surface area (Å²) >= 11 is 0. The first-order chi connectivity index (χ1) is 9.47. The van der Waals surface area contributed by atoms with Crippen molar-refractivity contribution in [1.29, 1.82) is 0 Å². The van der Waals surface area contributed by atoms with Gasteiger partial charge in [0.1, 0.15) is 0 Å². The highest BCUT2D eigenvalue weighted by molar-refractivity contribution is 7.85. The molecule has 3 nitrogen and oxygen atoms in total. The quantitative estimate of drug-likeness (QED) is 0.752. The number of hydrogen-bond donors (Lipinski definition) is 1. The van der Waals surface area contributed by atoms with E-state index in [1.54, 1.807) is 6.07 Å². The van der Waals surface area contributed by atoms with Gasteiger partial charge in [0.25, 0.3) is 10.1 Å². The van der Waals surface area contributed by atoms with Crippen LogP contribution in [-0.2, 0) is 26.4 Å². The largest absolute Gasteiger partial charge is 0.294 e. The summed E-state index contributed by atoms with van der Waals surface area (Å²) in [6, 6.07) is 3.39. The average molecular weight is 327 g/mol. The maximum Gasteiger partial charge on any atom is 0.294 e. The Bertz CT molecular complexity index is 664. The molecule has 1 aromatic rings. The third-order valence-electron chi connectivity index (χ3n) is 3.75. The fourth-order valence-corrected chi connectivity index (χ4v) is 3.85. The Morgan fingerprint density at radius 1 is 0.727 bits per heavy atom. The molecule has 1 rings (SSSR count). The van der Waals surface area contributed by atoms with E-state index in [2.05, 4.69) is 41.5 Å². The first kappa shape index (κ1) is 19.2. The number of benzene rings is 1. The predicted octanol–water partition coefficient (Wildman–Crippen LogP) is 4.83. The highest BCUT2D eigenvalue weighted by Crippen LogP contribution is 2.43. The first-order valence-electron chi connectivity index (χ1n) is 7.63. The van der Waals surface area contributed by atoms with Gasteiger partial charge in [-0.05, 0) is 39.0 Å². The Morgan fingerprint density at radius 2 is 1.14 bits per heavy atom. The molecule has 126 valence electrons. The van der Waals surface area contributed by atoms with Gasteiger partial charge < -0.3 is 0 Å². The highest BCUT2D eigenvalue weighted by Gasteiger charge is 2.35. The van der Waals surface area contributed by atoms with Gasteiger partial charge in [-0.15, -0.1) is 0 Å². The summed E-state index contributed by atoms with van der Waals surface area (Å²) in [4.78, 5) is 0.0259. The molecule has 0 saturated carbocycles. The second-order valence-corrected chi connectivity index (χ2v) is 10.5. The molecule has 0 atom stereocenters.